The Morgan fingerprint density at radius 2 is 1.83 bits per heavy atom. The quantitative estimate of drug-likeness (QED) is 0.195. The van der Waals surface area contributed by atoms with Gasteiger partial charge < -0.3 is 30.9 Å². The number of alkyl halides is 1. The third-order valence-electron chi connectivity index (χ3n) is 7.34. The lowest BCUT2D eigenvalue weighted by molar-refractivity contribution is -0.183. The second-order valence-electron chi connectivity index (χ2n) is 9.39. The number of rotatable bonds is 4. The molecular weight excluding hydrogens is 540 g/mol. The highest BCUT2D eigenvalue weighted by Gasteiger charge is 2.69. The molecule has 12 heteroatoms. The van der Waals surface area contributed by atoms with Gasteiger partial charge in [0.05, 0.1) is 17.5 Å². The number of hydrogen-bond donors (Lipinski definition) is 5. The highest BCUT2D eigenvalue weighted by atomic mass is 79.9. The second kappa shape index (κ2) is 8.71. The minimum Gasteiger partial charge on any atom is -0.508 e. The molecule has 1 aromatic rings. The van der Waals surface area contributed by atoms with E-state index < -0.39 is 81.6 Å². The van der Waals surface area contributed by atoms with Crippen LogP contribution in [0.15, 0.2) is 35.1 Å². The van der Waals surface area contributed by atoms with Gasteiger partial charge in [-0.15, -0.1) is 0 Å². The molecule has 1 amide bonds. The van der Waals surface area contributed by atoms with Gasteiger partial charge in [-0.3, -0.25) is 24.1 Å². The van der Waals surface area contributed by atoms with Crippen molar-refractivity contribution in [2.75, 3.05) is 19.4 Å². The number of aliphatic hydroxyl groups excluding tert-OH is 2. The minimum atomic E-state index is -2.95. The largest absolute Gasteiger partial charge is 0.508 e. The van der Waals surface area contributed by atoms with Crippen LogP contribution in [0.1, 0.15) is 24.0 Å². The van der Waals surface area contributed by atoms with Crippen molar-refractivity contribution in [3.8, 4) is 5.75 Å². The van der Waals surface area contributed by atoms with Crippen molar-refractivity contribution in [2.45, 2.75) is 30.6 Å². The average molecular weight is 565 g/mol. The van der Waals surface area contributed by atoms with E-state index in [1.165, 1.54) is 25.1 Å². The molecule has 0 bridgehead atoms. The van der Waals surface area contributed by atoms with E-state index in [1.54, 1.807) is 19.1 Å². The average Bonchev–Trinajstić information content (AvgIpc) is 2.80. The van der Waals surface area contributed by atoms with Crippen LogP contribution in [0.3, 0.4) is 0 Å². The number of ether oxygens (including phenoxy) is 1. The van der Waals surface area contributed by atoms with E-state index in [2.05, 4.69) is 15.9 Å². The molecule has 1 saturated carbocycles. The smallest absolute Gasteiger partial charge is 0.316 e. The van der Waals surface area contributed by atoms with Crippen molar-refractivity contribution in [1.82, 2.24) is 4.90 Å². The summed E-state index contributed by atoms with van der Waals surface area (Å²) in [6.07, 6.45) is -1.42. The lowest BCUT2D eigenvalue weighted by Gasteiger charge is -2.54. The first kappa shape index (κ1) is 25.9. The number of nitrogens with zero attached hydrogens (tertiary/aromatic N) is 1. The summed E-state index contributed by atoms with van der Waals surface area (Å²) >= 11 is 3.01. The first-order chi connectivity index (χ1) is 16.8. The van der Waals surface area contributed by atoms with Crippen molar-refractivity contribution in [3.05, 3.63) is 46.2 Å². The Morgan fingerprint density at radius 3 is 2.39 bits per heavy atom. The number of nitrogens with two attached hydrogens (primary N) is 1. The van der Waals surface area contributed by atoms with Gasteiger partial charge >= 0.3 is 5.97 Å². The number of aromatic hydroxyl groups is 1. The third kappa shape index (κ3) is 3.31. The molecule has 1 aromatic carbocycles. The number of phenolic OH excluding ortho intramolecular Hbond substituents is 1. The van der Waals surface area contributed by atoms with Gasteiger partial charge in [-0.1, -0.05) is 35.0 Å². The van der Waals surface area contributed by atoms with Crippen molar-refractivity contribution < 1.29 is 44.3 Å². The molecule has 0 saturated heterocycles. The Bertz CT molecular complexity index is 1270. The van der Waals surface area contributed by atoms with Crippen molar-refractivity contribution >= 4 is 45.1 Å². The van der Waals surface area contributed by atoms with E-state index in [1.807, 2.05) is 0 Å². The van der Waals surface area contributed by atoms with E-state index in [0.717, 1.165) is 0 Å². The Hall–Kier alpha value is -3.22. The summed E-state index contributed by atoms with van der Waals surface area (Å²) in [5.74, 6) is -9.88. The zero-order valence-corrected chi connectivity index (χ0v) is 21.1. The first-order valence-electron chi connectivity index (χ1n) is 11.0. The van der Waals surface area contributed by atoms with Crippen LogP contribution >= 0.6 is 15.9 Å². The van der Waals surface area contributed by atoms with Crippen LogP contribution in [0.2, 0.25) is 0 Å². The molecule has 36 heavy (non-hydrogen) atoms. The Labute approximate surface area is 214 Å². The molecule has 3 aliphatic carbocycles. The van der Waals surface area contributed by atoms with Crippen LogP contribution in [0.4, 0.5) is 0 Å². The van der Waals surface area contributed by atoms with Gasteiger partial charge in [0, 0.05) is 11.5 Å². The van der Waals surface area contributed by atoms with Crippen LogP contribution in [-0.2, 0) is 23.9 Å². The first-order valence-corrected chi connectivity index (χ1v) is 12.1. The summed E-state index contributed by atoms with van der Waals surface area (Å²) in [5.41, 5.74) is 1.40. The predicted molar refractivity (Wildman–Crippen MR) is 128 cm³/mol. The monoisotopic (exact) mass is 564 g/mol. The number of carbonyl (C=O) groups is 4. The summed E-state index contributed by atoms with van der Waals surface area (Å²) in [6, 6.07) is 3.06. The molecule has 0 radical (unpaired) electrons. The molecule has 0 spiro atoms. The third-order valence-corrected chi connectivity index (χ3v) is 7.80. The van der Waals surface area contributed by atoms with Crippen molar-refractivity contribution in [1.29, 1.82) is 0 Å². The van der Waals surface area contributed by atoms with Gasteiger partial charge in [0.25, 0.3) is 5.91 Å². The van der Waals surface area contributed by atoms with Gasteiger partial charge in [0.15, 0.2) is 11.4 Å². The number of carbonyl (C=O) groups excluding carboxylic acids is 4. The number of benzene rings is 1. The molecule has 0 unspecified atom stereocenters. The molecule has 4 rings (SSSR count). The van der Waals surface area contributed by atoms with E-state index in [4.69, 9.17) is 10.5 Å². The fourth-order valence-electron chi connectivity index (χ4n) is 5.87. The fraction of sp³-hybridized carbons (Fsp3) is 0.417. The van der Waals surface area contributed by atoms with Gasteiger partial charge in [0.1, 0.15) is 34.3 Å². The van der Waals surface area contributed by atoms with E-state index in [-0.39, 0.29) is 16.6 Å². The predicted octanol–water partition coefficient (Wildman–Crippen LogP) is 0.442. The van der Waals surface area contributed by atoms with Crippen LogP contribution in [0, 0.1) is 11.8 Å². The highest BCUT2D eigenvalue weighted by molar-refractivity contribution is 9.09. The maximum Gasteiger partial charge on any atom is 0.316 e. The Balaban J connectivity index is 2.11. The van der Waals surface area contributed by atoms with E-state index in [9.17, 15) is 39.6 Å². The molecule has 0 aromatic heterocycles. The van der Waals surface area contributed by atoms with Crippen LogP contribution < -0.4 is 5.73 Å². The van der Waals surface area contributed by atoms with Gasteiger partial charge in [-0.05, 0) is 31.6 Å². The fourth-order valence-corrected chi connectivity index (χ4v) is 6.00. The number of halogens is 1. The standard InChI is InChI=1S/C24H25BrN2O9/c1-8-9-5-4-6-10(28)13(9)18(30)14-12(8)20(36-11(29)7-25)16-17(27(2)3)19(31)15(23(26)34)22(33)24(16,35)21(14)32/h4-6,8,12,16-17,20,28,30,33,35H,7H2,1-3H3,(H2,26,34)/t8-,12+,16-,17+,20+,24-/m0/s1. The number of ketones is 2. The Morgan fingerprint density at radius 1 is 1.19 bits per heavy atom. The topological polar surface area (TPSA) is 188 Å². The number of esters is 1. The summed E-state index contributed by atoms with van der Waals surface area (Å²) in [4.78, 5) is 53.3. The summed E-state index contributed by atoms with van der Waals surface area (Å²) in [6.45, 7) is 1.68. The number of phenols is 1. The normalized spacial score (nSPS) is 31.7. The molecule has 1 fully saturated rings. The maximum absolute atomic E-state index is 14.0. The summed E-state index contributed by atoms with van der Waals surface area (Å²) in [7, 11) is 2.91. The van der Waals surface area contributed by atoms with Gasteiger partial charge in [0.2, 0.25) is 5.78 Å². The lowest BCUT2D eigenvalue weighted by Crippen LogP contribution is -2.71. The number of likely N-dealkylation sites (N-methyl/N-ethyl adjacent to an activating group) is 1. The van der Waals surface area contributed by atoms with E-state index >= 15 is 0 Å². The molecule has 3 aliphatic rings. The number of fused-ring (bicyclic) bond motifs is 3. The Kier molecular flexibility index (Phi) is 6.26. The summed E-state index contributed by atoms with van der Waals surface area (Å²) in [5, 5.41) is 44.2. The van der Waals surface area contributed by atoms with Crippen molar-refractivity contribution in [3.63, 3.8) is 0 Å². The SMILES string of the molecule is C[C@H]1c2cccc(O)c2C(O)=C2C(=O)[C@]3(O)C(O)=C(C(N)=O)C(=O)[C@H](N(C)C)[C@H]3[C@H](OC(=O)CBr)[C@@H]21. The van der Waals surface area contributed by atoms with Crippen LogP contribution in [0.25, 0.3) is 5.76 Å². The van der Waals surface area contributed by atoms with Gasteiger partial charge in [-0.2, -0.15) is 0 Å². The molecule has 11 nitrogen and oxygen atoms in total. The van der Waals surface area contributed by atoms with Gasteiger partial charge in [-0.25, -0.2) is 0 Å². The molecule has 6 atom stereocenters. The molecule has 192 valence electrons. The highest BCUT2D eigenvalue weighted by Crippen LogP contribution is 2.56. The second-order valence-corrected chi connectivity index (χ2v) is 9.95. The summed E-state index contributed by atoms with van der Waals surface area (Å²) < 4.78 is 5.70. The molecule has 0 aliphatic heterocycles. The van der Waals surface area contributed by atoms with E-state index in [0.29, 0.717) is 5.56 Å². The maximum atomic E-state index is 14.0. The zero-order chi connectivity index (χ0) is 26.9. The number of Topliss-reactive ketones (excluding diaryl/α,β-unsaturated/α-hetero) is 2. The lowest BCUT2D eigenvalue weighted by atomic mass is 9.54. The zero-order valence-electron chi connectivity index (χ0n) is 19.6. The number of amides is 1. The molecule has 6 N–H and O–H groups in total. The van der Waals surface area contributed by atoms with Crippen LogP contribution in [-0.4, -0.2) is 85.9 Å². The molecule has 0 heterocycles. The number of primary amides is 1. The number of aliphatic hydroxyl groups is 3. The molecular formula is C24H25BrN2O9. The van der Waals surface area contributed by atoms with Crippen molar-refractivity contribution in [2.24, 2.45) is 17.6 Å². The number of hydrogen-bond acceptors (Lipinski definition) is 10. The van der Waals surface area contributed by atoms with Crippen LogP contribution in [0.5, 0.6) is 5.75 Å². The minimum absolute atomic E-state index is 0.0492.